The lowest BCUT2D eigenvalue weighted by atomic mass is 9.90. The fourth-order valence-electron chi connectivity index (χ4n) is 3.56. The van der Waals surface area contributed by atoms with E-state index >= 15 is 0 Å². The minimum Gasteiger partial charge on any atom is -0.494 e. The molecule has 0 radical (unpaired) electrons. The Morgan fingerprint density at radius 3 is 2.69 bits per heavy atom. The van der Waals surface area contributed by atoms with Crippen molar-refractivity contribution in [3.8, 4) is 17.0 Å². The van der Waals surface area contributed by atoms with Crippen molar-refractivity contribution in [3.05, 3.63) is 64.5 Å². The van der Waals surface area contributed by atoms with E-state index in [-0.39, 0.29) is 5.91 Å². The zero-order valence-corrected chi connectivity index (χ0v) is 17.6. The van der Waals surface area contributed by atoms with Gasteiger partial charge in [0, 0.05) is 16.5 Å². The Kier molecular flexibility index (Phi) is 6.25. The van der Waals surface area contributed by atoms with Crippen molar-refractivity contribution in [1.82, 2.24) is 4.98 Å². The average molecular weight is 407 g/mol. The van der Waals surface area contributed by atoms with Crippen LogP contribution in [-0.2, 0) is 12.8 Å². The molecule has 0 saturated carbocycles. The third-order valence-electron chi connectivity index (χ3n) is 5.25. The summed E-state index contributed by atoms with van der Waals surface area (Å²) in [6.07, 6.45) is 6.99. The number of rotatable bonds is 7. The van der Waals surface area contributed by atoms with Crippen LogP contribution in [0, 0.1) is 0 Å². The molecule has 5 heteroatoms. The van der Waals surface area contributed by atoms with Crippen LogP contribution in [-0.4, -0.2) is 17.5 Å². The van der Waals surface area contributed by atoms with Crippen LogP contribution in [0.3, 0.4) is 0 Å². The number of fused-ring (bicyclic) bond motifs is 1. The zero-order chi connectivity index (χ0) is 20.1. The molecule has 150 valence electrons. The van der Waals surface area contributed by atoms with Gasteiger partial charge in [0.25, 0.3) is 5.91 Å². The largest absolute Gasteiger partial charge is 0.494 e. The summed E-state index contributed by atoms with van der Waals surface area (Å²) in [6.45, 7) is 2.83. The maximum absolute atomic E-state index is 12.5. The van der Waals surface area contributed by atoms with E-state index in [9.17, 15) is 4.79 Å². The van der Waals surface area contributed by atoms with E-state index in [1.807, 2.05) is 17.5 Å². The average Bonchev–Trinajstić information content (AvgIpc) is 3.22. The number of nitrogens with zero attached hydrogens (tertiary/aromatic N) is 1. The van der Waals surface area contributed by atoms with Gasteiger partial charge in [0.05, 0.1) is 12.3 Å². The first-order chi connectivity index (χ1) is 14.2. The monoisotopic (exact) mass is 406 g/mol. The summed E-state index contributed by atoms with van der Waals surface area (Å²) in [7, 11) is 0. The lowest BCUT2D eigenvalue weighted by molar-refractivity contribution is 0.102. The molecule has 1 N–H and O–H groups in total. The van der Waals surface area contributed by atoms with Gasteiger partial charge < -0.3 is 4.74 Å². The van der Waals surface area contributed by atoms with Crippen molar-refractivity contribution in [2.75, 3.05) is 11.9 Å². The number of amides is 1. The normalized spacial score (nSPS) is 13.0. The minimum atomic E-state index is -0.156. The molecule has 0 atom stereocenters. The predicted octanol–water partition coefficient (Wildman–Crippen LogP) is 6.12. The SMILES string of the molecule is CCCCOc1ccc(C(=O)Nc2nc(-c3ccc4c(c3)CCCC4)cs2)cc1. The number of anilines is 1. The second-order valence-electron chi connectivity index (χ2n) is 7.41. The van der Waals surface area contributed by atoms with Gasteiger partial charge in [-0.15, -0.1) is 11.3 Å². The first-order valence-corrected chi connectivity index (χ1v) is 11.2. The number of aryl methyl sites for hydroxylation is 2. The molecule has 1 amide bonds. The highest BCUT2D eigenvalue weighted by molar-refractivity contribution is 7.14. The molecule has 0 aliphatic heterocycles. The Bertz CT molecular complexity index is 979. The van der Waals surface area contributed by atoms with Crippen LogP contribution in [0.2, 0.25) is 0 Å². The van der Waals surface area contributed by atoms with Gasteiger partial charge in [-0.2, -0.15) is 0 Å². The highest BCUT2D eigenvalue weighted by Crippen LogP contribution is 2.29. The van der Waals surface area contributed by atoms with Crippen molar-refractivity contribution in [2.24, 2.45) is 0 Å². The van der Waals surface area contributed by atoms with E-state index in [1.165, 1.54) is 41.7 Å². The fourth-order valence-corrected chi connectivity index (χ4v) is 4.28. The molecular formula is C24H26N2O2S. The van der Waals surface area contributed by atoms with E-state index in [2.05, 4.69) is 35.4 Å². The van der Waals surface area contributed by atoms with Gasteiger partial charge in [-0.3, -0.25) is 10.1 Å². The maximum atomic E-state index is 12.5. The molecule has 4 nitrogen and oxygen atoms in total. The Morgan fingerprint density at radius 2 is 1.90 bits per heavy atom. The number of benzene rings is 2. The summed E-state index contributed by atoms with van der Waals surface area (Å²) >= 11 is 1.45. The van der Waals surface area contributed by atoms with Gasteiger partial charge in [0.15, 0.2) is 5.13 Å². The Balaban J connectivity index is 1.40. The molecule has 1 aliphatic rings. The van der Waals surface area contributed by atoms with E-state index in [0.717, 1.165) is 36.3 Å². The van der Waals surface area contributed by atoms with Crippen LogP contribution in [0.5, 0.6) is 5.75 Å². The molecule has 0 fully saturated rings. The predicted molar refractivity (Wildman–Crippen MR) is 119 cm³/mol. The second-order valence-corrected chi connectivity index (χ2v) is 8.27. The Hall–Kier alpha value is -2.66. The number of carbonyl (C=O) groups excluding carboxylic acids is 1. The van der Waals surface area contributed by atoms with E-state index in [0.29, 0.717) is 17.3 Å². The molecule has 4 rings (SSSR count). The van der Waals surface area contributed by atoms with Crippen LogP contribution >= 0.6 is 11.3 Å². The van der Waals surface area contributed by atoms with Gasteiger partial charge in [-0.25, -0.2) is 4.98 Å². The van der Waals surface area contributed by atoms with E-state index < -0.39 is 0 Å². The fraction of sp³-hybridized carbons (Fsp3) is 0.333. The van der Waals surface area contributed by atoms with Gasteiger partial charge in [-0.05, 0) is 73.6 Å². The van der Waals surface area contributed by atoms with Crippen molar-refractivity contribution in [1.29, 1.82) is 0 Å². The first-order valence-electron chi connectivity index (χ1n) is 10.3. The number of carbonyl (C=O) groups is 1. The molecule has 1 heterocycles. The highest BCUT2D eigenvalue weighted by atomic mass is 32.1. The number of aromatic nitrogens is 1. The Labute approximate surface area is 176 Å². The topological polar surface area (TPSA) is 51.2 Å². The molecule has 0 saturated heterocycles. The molecule has 1 aromatic heterocycles. The highest BCUT2D eigenvalue weighted by Gasteiger charge is 2.13. The number of hydrogen-bond donors (Lipinski definition) is 1. The van der Waals surface area contributed by atoms with Crippen molar-refractivity contribution >= 4 is 22.4 Å². The summed E-state index contributed by atoms with van der Waals surface area (Å²) < 4.78 is 5.65. The summed E-state index contributed by atoms with van der Waals surface area (Å²) in [4.78, 5) is 17.2. The molecule has 2 aromatic carbocycles. The lowest BCUT2D eigenvalue weighted by Gasteiger charge is -2.16. The zero-order valence-electron chi connectivity index (χ0n) is 16.7. The van der Waals surface area contributed by atoms with Crippen molar-refractivity contribution in [3.63, 3.8) is 0 Å². The van der Waals surface area contributed by atoms with Gasteiger partial charge in [0.1, 0.15) is 5.75 Å². The van der Waals surface area contributed by atoms with Crippen LogP contribution in [0.15, 0.2) is 47.8 Å². The van der Waals surface area contributed by atoms with E-state index in [4.69, 9.17) is 4.74 Å². The quantitative estimate of drug-likeness (QED) is 0.481. The van der Waals surface area contributed by atoms with Crippen LogP contribution < -0.4 is 10.1 Å². The van der Waals surface area contributed by atoms with Crippen molar-refractivity contribution in [2.45, 2.75) is 45.4 Å². The van der Waals surface area contributed by atoms with Gasteiger partial charge in [0.2, 0.25) is 0 Å². The number of thiazole rings is 1. The van der Waals surface area contributed by atoms with Crippen molar-refractivity contribution < 1.29 is 9.53 Å². The lowest BCUT2D eigenvalue weighted by Crippen LogP contribution is -2.11. The molecule has 0 unspecified atom stereocenters. The van der Waals surface area contributed by atoms with Gasteiger partial charge in [-0.1, -0.05) is 25.5 Å². The third-order valence-corrected chi connectivity index (χ3v) is 6.01. The second kappa shape index (κ2) is 9.23. The Morgan fingerprint density at radius 1 is 1.10 bits per heavy atom. The summed E-state index contributed by atoms with van der Waals surface area (Å²) in [5.41, 5.74) is 5.53. The standard InChI is InChI=1S/C24H26N2O2S/c1-2-3-14-28-21-12-10-18(11-13-21)23(27)26-24-25-22(16-29-24)20-9-8-17-6-4-5-7-19(17)15-20/h8-13,15-16H,2-7,14H2,1H3,(H,25,26,27). The number of ether oxygens (including phenoxy) is 1. The van der Waals surface area contributed by atoms with Gasteiger partial charge >= 0.3 is 0 Å². The number of nitrogens with one attached hydrogen (secondary N) is 1. The molecular weight excluding hydrogens is 380 g/mol. The molecule has 0 spiro atoms. The molecule has 1 aliphatic carbocycles. The molecule has 0 bridgehead atoms. The van der Waals surface area contributed by atoms with Crippen LogP contribution in [0.1, 0.15) is 54.1 Å². The third kappa shape index (κ3) is 4.85. The number of unbranched alkanes of at least 4 members (excludes halogenated alkanes) is 1. The number of hydrogen-bond acceptors (Lipinski definition) is 4. The molecule has 29 heavy (non-hydrogen) atoms. The summed E-state index contributed by atoms with van der Waals surface area (Å²) in [5.74, 6) is 0.635. The first kappa shape index (κ1) is 19.6. The maximum Gasteiger partial charge on any atom is 0.257 e. The van der Waals surface area contributed by atoms with Crippen LogP contribution in [0.25, 0.3) is 11.3 Å². The van der Waals surface area contributed by atoms with E-state index in [1.54, 1.807) is 12.1 Å². The molecule has 3 aromatic rings. The smallest absolute Gasteiger partial charge is 0.257 e. The van der Waals surface area contributed by atoms with Crippen LogP contribution in [0.4, 0.5) is 5.13 Å². The summed E-state index contributed by atoms with van der Waals surface area (Å²) in [5, 5.41) is 5.53. The minimum absolute atomic E-state index is 0.156. The summed E-state index contributed by atoms with van der Waals surface area (Å²) in [6, 6.07) is 13.9.